The standard InChI is InChI=1S/C22H27N3O2/c1-13(2)11-18-20-15(14-7-3-4-8-16(14)23-20)12-19-21(26)24-10-6-5-9-17(24)22(27)25(18)19/h3-4,7-8,13,17-19,23H,5-6,9-12H2,1-2H3/t17-,18+,19+/m0/s1. The lowest BCUT2D eigenvalue weighted by Crippen LogP contribution is -2.67. The van der Waals surface area contributed by atoms with Gasteiger partial charge in [0.1, 0.15) is 12.1 Å². The highest BCUT2D eigenvalue weighted by atomic mass is 16.2. The second-order valence-electron chi connectivity index (χ2n) is 8.72. The topological polar surface area (TPSA) is 56.4 Å². The van der Waals surface area contributed by atoms with Crippen LogP contribution in [-0.4, -0.2) is 45.2 Å². The van der Waals surface area contributed by atoms with Crippen LogP contribution in [0.25, 0.3) is 10.9 Å². The molecule has 5 nitrogen and oxygen atoms in total. The smallest absolute Gasteiger partial charge is 0.246 e. The molecule has 3 aliphatic rings. The Bertz CT molecular complexity index is 915. The molecule has 27 heavy (non-hydrogen) atoms. The van der Waals surface area contributed by atoms with Gasteiger partial charge in [-0.15, -0.1) is 0 Å². The summed E-state index contributed by atoms with van der Waals surface area (Å²) in [5.41, 5.74) is 3.48. The number of carbonyl (C=O) groups is 2. The predicted molar refractivity (Wildman–Crippen MR) is 104 cm³/mol. The Labute approximate surface area is 159 Å². The lowest BCUT2D eigenvalue weighted by Gasteiger charge is -2.51. The van der Waals surface area contributed by atoms with Gasteiger partial charge >= 0.3 is 0 Å². The molecule has 5 rings (SSSR count). The van der Waals surface area contributed by atoms with Crippen molar-refractivity contribution in [3.8, 4) is 0 Å². The van der Waals surface area contributed by atoms with Gasteiger partial charge in [0, 0.05) is 29.6 Å². The molecule has 0 spiro atoms. The average Bonchev–Trinajstić information content (AvgIpc) is 3.04. The molecule has 4 heterocycles. The van der Waals surface area contributed by atoms with Crippen LogP contribution >= 0.6 is 0 Å². The van der Waals surface area contributed by atoms with Crippen LogP contribution in [0.4, 0.5) is 0 Å². The number of rotatable bonds is 2. The number of benzene rings is 1. The van der Waals surface area contributed by atoms with Crippen molar-refractivity contribution in [2.75, 3.05) is 6.54 Å². The average molecular weight is 365 g/mol. The van der Waals surface area contributed by atoms with Crippen molar-refractivity contribution in [1.82, 2.24) is 14.8 Å². The normalized spacial score (nSPS) is 27.7. The number of aromatic amines is 1. The molecule has 0 radical (unpaired) electrons. The van der Waals surface area contributed by atoms with Crippen molar-refractivity contribution in [3.63, 3.8) is 0 Å². The summed E-state index contributed by atoms with van der Waals surface area (Å²) in [6.07, 6.45) is 4.35. The van der Waals surface area contributed by atoms with Gasteiger partial charge in [-0.25, -0.2) is 0 Å². The molecule has 2 aromatic rings. The summed E-state index contributed by atoms with van der Waals surface area (Å²) in [7, 11) is 0. The molecular formula is C22H27N3O2. The van der Waals surface area contributed by atoms with E-state index in [1.807, 2.05) is 15.9 Å². The molecule has 0 saturated carbocycles. The zero-order valence-corrected chi connectivity index (χ0v) is 16.1. The first-order valence-electron chi connectivity index (χ1n) is 10.3. The fraction of sp³-hybridized carbons (Fsp3) is 0.545. The molecular weight excluding hydrogens is 338 g/mol. The quantitative estimate of drug-likeness (QED) is 0.887. The maximum Gasteiger partial charge on any atom is 0.246 e. The van der Waals surface area contributed by atoms with Crippen LogP contribution in [0.2, 0.25) is 0 Å². The van der Waals surface area contributed by atoms with Crippen molar-refractivity contribution in [2.24, 2.45) is 5.92 Å². The van der Waals surface area contributed by atoms with Gasteiger partial charge in [0.2, 0.25) is 11.8 Å². The molecule has 2 amide bonds. The second kappa shape index (κ2) is 6.11. The third-order valence-electron chi connectivity index (χ3n) is 6.55. The molecule has 0 unspecified atom stereocenters. The minimum Gasteiger partial charge on any atom is -0.356 e. The van der Waals surface area contributed by atoms with Gasteiger partial charge < -0.3 is 14.8 Å². The van der Waals surface area contributed by atoms with Crippen molar-refractivity contribution in [3.05, 3.63) is 35.5 Å². The summed E-state index contributed by atoms with van der Waals surface area (Å²) in [6, 6.07) is 7.68. The van der Waals surface area contributed by atoms with Gasteiger partial charge in [-0.3, -0.25) is 9.59 Å². The largest absolute Gasteiger partial charge is 0.356 e. The molecule has 1 aromatic carbocycles. The maximum atomic E-state index is 13.5. The van der Waals surface area contributed by atoms with Gasteiger partial charge in [0.15, 0.2) is 0 Å². The molecule has 142 valence electrons. The highest BCUT2D eigenvalue weighted by Gasteiger charge is 2.52. The minimum absolute atomic E-state index is 0.0355. The van der Waals surface area contributed by atoms with Crippen molar-refractivity contribution < 1.29 is 9.59 Å². The number of nitrogens with one attached hydrogen (secondary N) is 1. The number of piperazine rings is 1. The van der Waals surface area contributed by atoms with E-state index >= 15 is 0 Å². The Morgan fingerprint density at radius 2 is 1.93 bits per heavy atom. The molecule has 2 fully saturated rings. The van der Waals surface area contributed by atoms with E-state index in [2.05, 4.69) is 37.0 Å². The first kappa shape index (κ1) is 16.8. The van der Waals surface area contributed by atoms with E-state index < -0.39 is 0 Å². The predicted octanol–water partition coefficient (Wildman–Crippen LogP) is 3.40. The lowest BCUT2D eigenvalue weighted by atomic mass is 9.83. The summed E-state index contributed by atoms with van der Waals surface area (Å²) in [5.74, 6) is 0.763. The van der Waals surface area contributed by atoms with E-state index in [-0.39, 0.29) is 29.9 Å². The van der Waals surface area contributed by atoms with Gasteiger partial charge in [-0.05, 0) is 43.2 Å². The number of carbonyl (C=O) groups excluding carboxylic acids is 2. The fourth-order valence-corrected chi connectivity index (χ4v) is 5.38. The first-order valence-corrected chi connectivity index (χ1v) is 10.3. The second-order valence-corrected chi connectivity index (χ2v) is 8.72. The Morgan fingerprint density at radius 1 is 1.11 bits per heavy atom. The van der Waals surface area contributed by atoms with E-state index in [4.69, 9.17) is 0 Å². The third kappa shape index (κ3) is 2.43. The molecule has 1 N–H and O–H groups in total. The number of para-hydroxylation sites is 1. The molecule has 3 aliphatic heterocycles. The number of hydrogen-bond acceptors (Lipinski definition) is 2. The zero-order valence-electron chi connectivity index (χ0n) is 16.1. The summed E-state index contributed by atoms with van der Waals surface area (Å²) >= 11 is 0. The van der Waals surface area contributed by atoms with Crippen LogP contribution in [-0.2, 0) is 16.0 Å². The number of piperidine rings is 1. The number of hydrogen-bond donors (Lipinski definition) is 1. The lowest BCUT2D eigenvalue weighted by molar-refractivity contribution is -0.168. The summed E-state index contributed by atoms with van der Waals surface area (Å²) in [5, 5.41) is 1.20. The number of aromatic nitrogens is 1. The van der Waals surface area contributed by atoms with Gasteiger partial charge in [0.05, 0.1) is 6.04 Å². The fourth-order valence-electron chi connectivity index (χ4n) is 5.38. The molecule has 1 aromatic heterocycles. The highest BCUT2D eigenvalue weighted by molar-refractivity contribution is 5.99. The van der Waals surface area contributed by atoms with E-state index in [9.17, 15) is 9.59 Å². The molecule has 5 heteroatoms. The highest BCUT2D eigenvalue weighted by Crippen LogP contribution is 2.43. The van der Waals surface area contributed by atoms with Crippen molar-refractivity contribution in [2.45, 2.75) is 64.1 Å². The number of fused-ring (bicyclic) bond motifs is 5. The van der Waals surface area contributed by atoms with Crippen LogP contribution in [0, 0.1) is 5.92 Å². The molecule has 0 bridgehead atoms. The number of H-pyrrole nitrogens is 1. The van der Waals surface area contributed by atoms with Gasteiger partial charge in [0.25, 0.3) is 0 Å². The Hall–Kier alpha value is -2.30. The Kier molecular flexibility index (Phi) is 3.81. The monoisotopic (exact) mass is 365 g/mol. The van der Waals surface area contributed by atoms with Crippen molar-refractivity contribution >= 4 is 22.7 Å². The molecule has 2 saturated heterocycles. The summed E-state index contributed by atoms with van der Waals surface area (Å²) in [4.78, 5) is 34.3. The maximum absolute atomic E-state index is 13.5. The summed E-state index contributed by atoms with van der Waals surface area (Å²) < 4.78 is 0. The Balaban J connectivity index is 1.66. The first-order chi connectivity index (χ1) is 13.1. The van der Waals surface area contributed by atoms with Gasteiger partial charge in [-0.2, -0.15) is 0 Å². The molecule has 0 aliphatic carbocycles. The van der Waals surface area contributed by atoms with Crippen LogP contribution in [0.5, 0.6) is 0 Å². The zero-order chi connectivity index (χ0) is 18.7. The number of nitrogens with zero attached hydrogens (tertiary/aromatic N) is 2. The van der Waals surface area contributed by atoms with Gasteiger partial charge in [-0.1, -0.05) is 32.0 Å². The van der Waals surface area contributed by atoms with Crippen LogP contribution in [0.3, 0.4) is 0 Å². The van der Waals surface area contributed by atoms with E-state index in [1.54, 1.807) is 0 Å². The van der Waals surface area contributed by atoms with Crippen LogP contribution in [0.1, 0.15) is 56.8 Å². The third-order valence-corrected chi connectivity index (χ3v) is 6.55. The van der Waals surface area contributed by atoms with E-state index in [1.165, 1.54) is 10.9 Å². The molecule has 3 atom stereocenters. The summed E-state index contributed by atoms with van der Waals surface area (Å²) in [6.45, 7) is 5.11. The number of amides is 2. The minimum atomic E-state index is -0.345. The van der Waals surface area contributed by atoms with E-state index in [0.717, 1.165) is 43.4 Å². The van der Waals surface area contributed by atoms with Crippen LogP contribution < -0.4 is 0 Å². The SMILES string of the molecule is CC(C)C[C@@H]1c2[nH]c3ccccc3c2C[C@@H]2C(=O)N3CCCC[C@H]3C(=O)N21. The van der Waals surface area contributed by atoms with E-state index in [0.29, 0.717) is 12.3 Å². The Morgan fingerprint density at radius 3 is 2.74 bits per heavy atom. The van der Waals surface area contributed by atoms with Crippen LogP contribution in [0.15, 0.2) is 24.3 Å². The van der Waals surface area contributed by atoms with Crippen molar-refractivity contribution in [1.29, 1.82) is 0 Å².